The second-order valence-corrected chi connectivity index (χ2v) is 9.50. The predicted molar refractivity (Wildman–Crippen MR) is 135 cm³/mol. The van der Waals surface area contributed by atoms with Crippen LogP contribution < -0.4 is 20.3 Å². The van der Waals surface area contributed by atoms with Gasteiger partial charge in [-0.3, -0.25) is 18.6 Å². The van der Waals surface area contributed by atoms with E-state index in [0.29, 0.717) is 22.6 Å². The lowest BCUT2D eigenvalue weighted by molar-refractivity contribution is 0.400. The molecule has 0 aliphatic rings. The summed E-state index contributed by atoms with van der Waals surface area (Å²) in [5, 5.41) is 7.20. The van der Waals surface area contributed by atoms with Crippen LogP contribution in [0.1, 0.15) is 0 Å². The van der Waals surface area contributed by atoms with Crippen LogP contribution >= 0.6 is 0 Å². The third kappa shape index (κ3) is 4.49. The van der Waals surface area contributed by atoms with Gasteiger partial charge >= 0.3 is 0 Å². The molecule has 182 valence electrons. The van der Waals surface area contributed by atoms with E-state index in [1.807, 2.05) is 0 Å². The van der Waals surface area contributed by atoms with Gasteiger partial charge in [0.25, 0.3) is 15.6 Å². The van der Waals surface area contributed by atoms with Gasteiger partial charge in [-0.2, -0.15) is 5.10 Å². The summed E-state index contributed by atoms with van der Waals surface area (Å²) in [6, 6.07) is 14.8. The number of fused-ring (bicyclic) bond motifs is 1. The van der Waals surface area contributed by atoms with Gasteiger partial charge in [0.1, 0.15) is 17.0 Å². The molecular formula is C24H21N7O4S. The van der Waals surface area contributed by atoms with Crippen LogP contribution in [0, 0.1) is 0 Å². The first-order chi connectivity index (χ1) is 17.3. The number of sulfonamides is 1. The first-order valence-electron chi connectivity index (χ1n) is 10.7. The Morgan fingerprint density at radius 1 is 0.944 bits per heavy atom. The summed E-state index contributed by atoms with van der Waals surface area (Å²) >= 11 is 0. The molecule has 0 saturated carbocycles. The van der Waals surface area contributed by atoms with E-state index in [0.717, 1.165) is 0 Å². The van der Waals surface area contributed by atoms with Crippen molar-refractivity contribution in [1.82, 2.24) is 24.1 Å². The van der Waals surface area contributed by atoms with E-state index in [-0.39, 0.29) is 27.7 Å². The zero-order valence-corrected chi connectivity index (χ0v) is 20.1. The van der Waals surface area contributed by atoms with Gasteiger partial charge in [0, 0.05) is 42.8 Å². The van der Waals surface area contributed by atoms with Crippen molar-refractivity contribution in [3.8, 4) is 17.0 Å². The molecule has 1 aromatic carbocycles. The Hall–Kier alpha value is -4.71. The second-order valence-electron chi connectivity index (χ2n) is 7.82. The smallest absolute Gasteiger partial charge is 0.281 e. The second kappa shape index (κ2) is 9.15. The summed E-state index contributed by atoms with van der Waals surface area (Å²) in [4.78, 5) is 21.8. The van der Waals surface area contributed by atoms with Crippen molar-refractivity contribution in [2.75, 3.05) is 17.1 Å². The molecule has 12 heteroatoms. The molecule has 4 heterocycles. The third-order valence-electron chi connectivity index (χ3n) is 5.35. The zero-order valence-electron chi connectivity index (χ0n) is 19.3. The molecule has 0 aliphatic heterocycles. The van der Waals surface area contributed by atoms with Crippen molar-refractivity contribution in [2.45, 2.75) is 4.90 Å². The van der Waals surface area contributed by atoms with Crippen LogP contribution in [0.2, 0.25) is 0 Å². The molecule has 11 nitrogen and oxygen atoms in total. The fourth-order valence-electron chi connectivity index (χ4n) is 3.60. The molecule has 2 N–H and O–H groups in total. The molecule has 0 bridgehead atoms. The van der Waals surface area contributed by atoms with Gasteiger partial charge in [-0.05, 0) is 30.3 Å². The number of rotatable bonds is 7. The first kappa shape index (κ1) is 23.1. The van der Waals surface area contributed by atoms with E-state index in [9.17, 15) is 13.2 Å². The lowest BCUT2D eigenvalue weighted by Crippen LogP contribution is -2.18. The highest BCUT2D eigenvalue weighted by molar-refractivity contribution is 7.92. The summed E-state index contributed by atoms with van der Waals surface area (Å²) < 4.78 is 36.5. The van der Waals surface area contributed by atoms with Gasteiger partial charge in [0.2, 0.25) is 5.88 Å². The number of hydrogen-bond donors (Lipinski definition) is 2. The molecule has 4 aromatic heterocycles. The third-order valence-corrected chi connectivity index (χ3v) is 6.74. The summed E-state index contributed by atoms with van der Waals surface area (Å²) in [5.74, 6) is 0.627. The molecule has 0 saturated heterocycles. The largest absolute Gasteiger partial charge is 0.480 e. The molecule has 0 aliphatic carbocycles. The number of aryl methyl sites for hydroxylation is 1. The quantitative estimate of drug-likeness (QED) is 0.346. The number of pyridine rings is 2. The summed E-state index contributed by atoms with van der Waals surface area (Å²) in [5.41, 5.74) is 1.73. The fourth-order valence-corrected chi connectivity index (χ4v) is 4.67. The summed E-state index contributed by atoms with van der Waals surface area (Å²) in [6.07, 6.45) is 6.37. The molecule has 0 atom stereocenters. The van der Waals surface area contributed by atoms with E-state index in [2.05, 4.69) is 25.1 Å². The molecule has 0 fully saturated rings. The molecule has 5 aromatic rings. The number of aromatic nitrogens is 5. The molecule has 0 radical (unpaired) electrons. The minimum absolute atomic E-state index is 0.105. The van der Waals surface area contributed by atoms with Crippen LogP contribution in [0.3, 0.4) is 0 Å². The van der Waals surface area contributed by atoms with Crippen molar-refractivity contribution >= 4 is 32.9 Å². The maximum absolute atomic E-state index is 13.1. The lowest BCUT2D eigenvalue weighted by Gasteiger charge is -2.13. The minimum atomic E-state index is -3.87. The Bertz CT molecular complexity index is 1730. The maximum atomic E-state index is 13.1. The molecule has 36 heavy (non-hydrogen) atoms. The van der Waals surface area contributed by atoms with Gasteiger partial charge in [0.05, 0.1) is 18.2 Å². The van der Waals surface area contributed by atoms with Gasteiger partial charge in [-0.1, -0.05) is 18.2 Å². The maximum Gasteiger partial charge on any atom is 0.281 e. The van der Waals surface area contributed by atoms with Gasteiger partial charge in [-0.15, -0.1) is 0 Å². The van der Waals surface area contributed by atoms with Crippen molar-refractivity contribution in [3.05, 3.63) is 89.7 Å². The normalized spacial score (nSPS) is 11.4. The van der Waals surface area contributed by atoms with Crippen LogP contribution in [0.15, 0.2) is 89.1 Å². The van der Waals surface area contributed by atoms with E-state index in [1.54, 1.807) is 66.6 Å². The lowest BCUT2D eigenvalue weighted by atomic mass is 10.1. The van der Waals surface area contributed by atoms with Crippen molar-refractivity contribution < 1.29 is 13.2 Å². The van der Waals surface area contributed by atoms with Crippen LogP contribution in [0.4, 0.5) is 17.2 Å². The number of ether oxygens (including phenoxy) is 1. The zero-order chi connectivity index (χ0) is 25.3. The summed E-state index contributed by atoms with van der Waals surface area (Å²) in [7, 11) is -0.691. The Morgan fingerprint density at radius 2 is 1.75 bits per heavy atom. The SMILES string of the molecule is COc1ncc(-c2ccc3ncc(Nc4ccn(C)n4)c(=O)n3c2)cc1NS(=O)(=O)c1ccccc1. The van der Waals surface area contributed by atoms with E-state index < -0.39 is 10.0 Å². The van der Waals surface area contributed by atoms with Gasteiger partial charge in [-0.25, -0.2) is 18.4 Å². The molecule has 5 rings (SSSR count). The summed E-state index contributed by atoms with van der Waals surface area (Å²) in [6.45, 7) is 0. The monoisotopic (exact) mass is 503 g/mol. The van der Waals surface area contributed by atoms with E-state index >= 15 is 0 Å². The minimum Gasteiger partial charge on any atom is -0.480 e. The fraction of sp³-hybridized carbons (Fsp3) is 0.0833. The predicted octanol–water partition coefficient (Wildman–Crippen LogP) is 3.04. The Labute approximate surface area is 206 Å². The Morgan fingerprint density at radius 3 is 2.47 bits per heavy atom. The van der Waals surface area contributed by atoms with Crippen LogP contribution in [-0.2, 0) is 17.1 Å². The number of benzene rings is 1. The first-order valence-corrected chi connectivity index (χ1v) is 12.2. The number of nitrogens with zero attached hydrogens (tertiary/aromatic N) is 5. The highest BCUT2D eigenvalue weighted by atomic mass is 32.2. The number of anilines is 3. The van der Waals surface area contributed by atoms with Crippen LogP contribution in [0.5, 0.6) is 5.88 Å². The standard InChI is InChI=1S/C24H21N7O4S/c1-30-11-10-21(28-30)27-20-14-25-22-9-8-16(15-31(22)24(20)32)17-12-19(23(35-2)26-13-17)29-36(33,34)18-6-4-3-5-7-18/h3-15,29H,1-2H3,(H,27,28). The average molecular weight is 504 g/mol. The van der Waals surface area contributed by atoms with Crippen molar-refractivity contribution in [2.24, 2.45) is 7.05 Å². The Balaban J connectivity index is 1.53. The molecule has 0 amide bonds. The average Bonchev–Trinajstić information content (AvgIpc) is 3.30. The topological polar surface area (TPSA) is 133 Å². The Kier molecular flexibility index (Phi) is 5.86. The van der Waals surface area contributed by atoms with Crippen LogP contribution in [0.25, 0.3) is 16.8 Å². The molecule has 0 spiro atoms. The van der Waals surface area contributed by atoms with Gasteiger partial charge < -0.3 is 10.1 Å². The van der Waals surface area contributed by atoms with E-state index in [4.69, 9.17) is 4.74 Å². The highest BCUT2D eigenvalue weighted by Crippen LogP contribution is 2.30. The van der Waals surface area contributed by atoms with E-state index in [1.165, 1.54) is 36.0 Å². The van der Waals surface area contributed by atoms with Crippen molar-refractivity contribution in [1.29, 1.82) is 0 Å². The number of nitrogens with one attached hydrogen (secondary N) is 2. The number of hydrogen-bond acceptors (Lipinski definition) is 8. The van der Waals surface area contributed by atoms with Gasteiger partial charge in [0.15, 0.2) is 5.82 Å². The van der Waals surface area contributed by atoms with Crippen LogP contribution in [-0.4, -0.2) is 39.7 Å². The van der Waals surface area contributed by atoms with Crippen molar-refractivity contribution in [3.63, 3.8) is 0 Å². The molecule has 0 unspecified atom stereocenters. The molecular weight excluding hydrogens is 482 g/mol. The number of methoxy groups -OCH3 is 1. The highest BCUT2D eigenvalue weighted by Gasteiger charge is 2.18.